The number of amides is 1. The summed E-state index contributed by atoms with van der Waals surface area (Å²) >= 11 is 3.35. The number of pyridine rings is 1. The van der Waals surface area contributed by atoms with Crippen LogP contribution in [0.1, 0.15) is 21.5 Å². The van der Waals surface area contributed by atoms with Crippen LogP contribution in [0.25, 0.3) is 0 Å². The van der Waals surface area contributed by atoms with Crippen LogP contribution in [-0.2, 0) is 0 Å². The van der Waals surface area contributed by atoms with E-state index in [1.165, 1.54) is 0 Å². The fourth-order valence-electron chi connectivity index (χ4n) is 1.49. The van der Waals surface area contributed by atoms with Gasteiger partial charge < -0.3 is 5.32 Å². The third kappa shape index (κ3) is 3.18. The molecule has 0 bridgehead atoms. The van der Waals surface area contributed by atoms with E-state index in [1.807, 2.05) is 13.0 Å². The van der Waals surface area contributed by atoms with Gasteiger partial charge in [0.1, 0.15) is 5.82 Å². The molecule has 0 saturated heterocycles. The van der Waals surface area contributed by atoms with Gasteiger partial charge in [-0.3, -0.25) is 4.79 Å². The lowest BCUT2D eigenvalue weighted by Crippen LogP contribution is -2.13. The highest BCUT2D eigenvalue weighted by atomic mass is 79.9. The Balaban J connectivity index is 2.16. The number of aryl methyl sites for hydroxylation is 1. The third-order valence-electron chi connectivity index (χ3n) is 2.56. The molecule has 2 aromatic rings. The minimum absolute atomic E-state index is 0.251. The molecule has 94 valence electrons. The van der Waals surface area contributed by atoms with E-state index in [-0.39, 0.29) is 5.91 Å². The van der Waals surface area contributed by atoms with Crippen molar-refractivity contribution in [2.45, 2.75) is 6.92 Å². The summed E-state index contributed by atoms with van der Waals surface area (Å²) in [7, 11) is 0. The summed E-state index contributed by atoms with van der Waals surface area (Å²) in [4.78, 5) is 16.1. The van der Waals surface area contributed by atoms with Crippen LogP contribution >= 0.6 is 15.9 Å². The van der Waals surface area contributed by atoms with Crippen LogP contribution in [0, 0.1) is 18.3 Å². The highest BCUT2D eigenvalue weighted by Crippen LogP contribution is 2.17. The number of halogens is 1. The number of nitrogens with zero attached hydrogens (tertiary/aromatic N) is 2. The largest absolute Gasteiger partial charge is 0.307 e. The third-order valence-corrected chi connectivity index (χ3v) is 3.39. The minimum atomic E-state index is -0.251. The van der Waals surface area contributed by atoms with E-state index in [0.29, 0.717) is 16.9 Å². The summed E-state index contributed by atoms with van der Waals surface area (Å²) in [6.07, 6.45) is 1.64. The number of hydrogen-bond acceptors (Lipinski definition) is 3. The average Bonchev–Trinajstić information content (AvgIpc) is 2.43. The molecule has 5 heteroatoms. The molecule has 0 aliphatic heterocycles. The summed E-state index contributed by atoms with van der Waals surface area (Å²) < 4.78 is 0.892. The lowest BCUT2D eigenvalue weighted by atomic mass is 10.1. The number of rotatable bonds is 2. The van der Waals surface area contributed by atoms with E-state index in [1.54, 1.807) is 36.5 Å². The number of benzene rings is 1. The second kappa shape index (κ2) is 5.63. The highest BCUT2D eigenvalue weighted by Gasteiger charge is 2.07. The van der Waals surface area contributed by atoms with Crippen molar-refractivity contribution < 1.29 is 4.79 Å². The maximum Gasteiger partial charge on any atom is 0.256 e. The van der Waals surface area contributed by atoms with Gasteiger partial charge in [-0.2, -0.15) is 5.26 Å². The van der Waals surface area contributed by atoms with Crippen LogP contribution in [0.4, 0.5) is 5.82 Å². The zero-order valence-corrected chi connectivity index (χ0v) is 11.7. The number of nitrogens with one attached hydrogen (secondary N) is 1. The van der Waals surface area contributed by atoms with Crippen molar-refractivity contribution in [3.63, 3.8) is 0 Å². The molecule has 1 amide bonds. The van der Waals surface area contributed by atoms with Crippen LogP contribution in [0.5, 0.6) is 0 Å². The van der Waals surface area contributed by atoms with Crippen LogP contribution in [0.15, 0.2) is 41.0 Å². The van der Waals surface area contributed by atoms with Crippen LogP contribution < -0.4 is 5.32 Å². The summed E-state index contributed by atoms with van der Waals surface area (Å²) in [6, 6.07) is 10.2. The van der Waals surface area contributed by atoms with E-state index >= 15 is 0 Å². The fraction of sp³-hybridized carbons (Fsp3) is 0.0714. The van der Waals surface area contributed by atoms with Crippen molar-refractivity contribution in [3.8, 4) is 6.07 Å². The van der Waals surface area contributed by atoms with Crippen LogP contribution in [0.2, 0.25) is 0 Å². The summed E-state index contributed by atoms with van der Waals surface area (Å²) in [5, 5.41) is 11.4. The van der Waals surface area contributed by atoms with Crippen molar-refractivity contribution in [2.24, 2.45) is 0 Å². The molecule has 0 radical (unpaired) electrons. The zero-order chi connectivity index (χ0) is 13.8. The zero-order valence-electron chi connectivity index (χ0n) is 10.1. The molecule has 0 unspecified atom stereocenters. The van der Waals surface area contributed by atoms with Gasteiger partial charge in [0.05, 0.1) is 11.6 Å². The molecule has 1 aromatic heterocycles. The van der Waals surface area contributed by atoms with Crippen LogP contribution in [0.3, 0.4) is 0 Å². The van der Waals surface area contributed by atoms with Crippen LogP contribution in [-0.4, -0.2) is 10.9 Å². The second-order valence-electron chi connectivity index (χ2n) is 3.96. The average molecular weight is 316 g/mol. The Hall–Kier alpha value is -2.19. The molecule has 1 heterocycles. The maximum absolute atomic E-state index is 12.0. The Morgan fingerprint density at radius 1 is 1.37 bits per heavy atom. The van der Waals surface area contributed by atoms with Gasteiger partial charge in [-0.15, -0.1) is 0 Å². The number of nitriles is 1. The predicted molar refractivity (Wildman–Crippen MR) is 75.8 cm³/mol. The summed E-state index contributed by atoms with van der Waals surface area (Å²) in [5.74, 6) is 0.244. The Bertz CT molecular complexity index is 659. The number of aromatic nitrogens is 1. The van der Waals surface area contributed by atoms with Gasteiger partial charge in [0.25, 0.3) is 5.91 Å². The minimum Gasteiger partial charge on any atom is -0.307 e. The van der Waals surface area contributed by atoms with E-state index in [2.05, 4.69) is 26.2 Å². The van der Waals surface area contributed by atoms with Gasteiger partial charge in [0.15, 0.2) is 0 Å². The van der Waals surface area contributed by atoms with Gasteiger partial charge in [-0.25, -0.2) is 4.98 Å². The molecular weight excluding hydrogens is 306 g/mol. The molecular formula is C14H10BrN3O. The first-order valence-electron chi connectivity index (χ1n) is 5.54. The quantitative estimate of drug-likeness (QED) is 0.924. The van der Waals surface area contributed by atoms with E-state index in [0.717, 1.165) is 10.0 Å². The van der Waals surface area contributed by atoms with Crippen molar-refractivity contribution >= 4 is 27.7 Å². The second-order valence-corrected chi connectivity index (χ2v) is 4.82. The maximum atomic E-state index is 12.0. The molecule has 4 nitrogen and oxygen atoms in total. The Morgan fingerprint density at radius 2 is 2.05 bits per heavy atom. The first-order chi connectivity index (χ1) is 9.10. The smallest absolute Gasteiger partial charge is 0.256 e. The van der Waals surface area contributed by atoms with Crippen molar-refractivity contribution in [2.75, 3.05) is 5.32 Å². The van der Waals surface area contributed by atoms with Gasteiger partial charge in [0, 0.05) is 16.2 Å². The van der Waals surface area contributed by atoms with E-state index < -0.39 is 0 Å². The van der Waals surface area contributed by atoms with E-state index in [4.69, 9.17) is 5.26 Å². The SMILES string of the molecule is Cc1cc(NC(=O)c2ccc(C#N)cc2)ncc1Br. The molecule has 1 N–H and O–H groups in total. The molecule has 0 saturated carbocycles. The van der Waals surface area contributed by atoms with Crippen molar-refractivity contribution in [3.05, 3.63) is 57.7 Å². The molecule has 0 spiro atoms. The first kappa shape index (κ1) is 13.2. The van der Waals surface area contributed by atoms with Gasteiger partial charge in [-0.05, 0) is 58.7 Å². The summed E-state index contributed by atoms with van der Waals surface area (Å²) in [5.41, 5.74) is 2.00. The molecule has 0 fully saturated rings. The van der Waals surface area contributed by atoms with Gasteiger partial charge in [-0.1, -0.05) is 0 Å². The van der Waals surface area contributed by atoms with E-state index in [9.17, 15) is 4.79 Å². The number of hydrogen-bond donors (Lipinski definition) is 1. The van der Waals surface area contributed by atoms with Gasteiger partial charge >= 0.3 is 0 Å². The number of anilines is 1. The molecule has 2 rings (SSSR count). The van der Waals surface area contributed by atoms with Crippen molar-refractivity contribution in [1.82, 2.24) is 4.98 Å². The Kier molecular flexibility index (Phi) is 3.93. The molecule has 19 heavy (non-hydrogen) atoms. The normalized spacial score (nSPS) is 9.74. The molecule has 1 aromatic carbocycles. The topological polar surface area (TPSA) is 65.8 Å². The highest BCUT2D eigenvalue weighted by molar-refractivity contribution is 9.10. The Morgan fingerprint density at radius 3 is 2.63 bits per heavy atom. The Labute approximate surface area is 119 Å². The predicted octanol–water partition coefficient (Wildman–Crippen LogP) is 3.28. The number of carbonyl (C=O) groups is 1. The first-order valence-corrected chi connectivity index (χ1v) is 6.33. The molecule has 0 atom stereocenters. The fourth-order valence-corrected chi connectivity index (χ4v) is 1.71. The lowest BCUT2D eigenvalue weighted by molar-refractivity contribution is 0.102. The monoisotopic (exact) mass is 315 g/mol. The summed E-state index contributed by atoms with van der Waals surface area (Å²) in [6.45, 7) is 1.92. The van der Waals surface area contributed by atoms with Crippen molar-refractivity contribution in [1.29, 1.82) is 5.26 Å². The lowest BCUT2D eigenvalue weighted by Gasteiger charge is -2.06. The standard InChI is InChI=1S/C14H10BrN3O/c1-9-6-13(17-8-12(9)15)18-14(19)11-4-2-10(7-16)3-5-11/h2-6,8H,1H3,(H,17,18,19). The molecule has 0 aliphatic carbocycles. The number of carbonyl (C=O) groups excluding carboxylic acids is 1. The molecule has 0 aliphatic rings. The van der Waals surface area contributed by atoms with Gasteiger partial charge in [0.2, 0.25) is 0 Å².